The molecule has 1 atom stereocenters. The third-order valence-electron chi connectivity index (χ3n) is 6.03. The molecule has 0 spiro atoms. The van der Waals surface area contributed by atoms with Crippen molar-refractivity contribution in [3.05, 3.63) is 68.8 Å². The first-order valence-corrected chi connectivity index (χ1v) is 11.4. The third kappa shape index (κ3) is 4.17. The Labute approximate surface area is 198 Å². The van der Waals surface area contributed by atoms with Crippen molar-refractivity contribution in [1.82, 2.24) is 5.32 Å². The second-order valence-electron chi connectivity index (χ2n) is 9.30. The van der Waals surface area contributed by atoms with E-state index in [0.717, 1.165) is 16.9 Å². The minimum Gasteiger partial charge on any atom is -0.357 e. The quantitative estimate of drug-likeness (QED) is 0.586. The number of hydrogen-bond donors (Lipinski definition) is 2. The van der Waals surface area contributed by atoms with E-state index in [1.807, 2.05) is 31.3 Å². The molecule has 4 rings (SSSR count). The van der Waals surface area contributed by atoms with Crippen molar-refractivity contribution < 1.29 is 9.59 Å². The van der Waals surface area contributed by atoms with Gasteiger partial charge in [-0.05, 0) is 54.3 Å². The minimum atomic E-state index is -0.639. The number of rotatable bonds is 3. The van der Waals surface area contributed by atoms with Crippen molar-refractivity contribution >= 4 is 46.3 Å². The lowest BCUT2D eigenvalue weighted by molar-refractivity contribution is -0.118. The van der Waals surface area contributed by atoms with Crippen LogP contribution < -0.4 is 15.5 Å². The standard InChI is InChI=1S/C25H27Cl2N3O2/c1-14(31)30-21-8-5-15(13-28-4)9-19(21)29-20-11-25(2,3)12-22(32)23(20)24(30)17-7-6-16(26)10-18(17)27/h5-10,24,28-29H,11-13H2,1-4H3. The highest BCUT2D eigenvalue weighted by Crippen LogP contribution is 2.49. The molecular weight excluding hydrogens is 445 g/mol. The summed E-state index contributed by atoms with van der Waals surface area (Å²) < 4.78 is 0. The highest BCUT2D eigenvalue weighted by molar-refractivity contribution is 6.35. The van der Waals surface area contributed by atoms with E-state index in [-0.39, 0.29) is 17.1 Å². The molecule has 1 heterocycles. The Morgan fingerprint density at radius 3 is 2.59 bits per heavy atom. The van der Waals surface area contributed by atoms with E-state index in [1.165, 1.54) is 6.92 Å². The summed E-state index contributed by atoms with van der Waals surface area (Å²) in [5.41, 5.74) is 4.52. The number of allylic oxidation sites excluding steroid dienone is 1. The van der Waals surface area contributed by atoms with Crippen LogP contribution in [0.4, 0.5) is 11.4 Å². The minimum absolute atomic E-state index is 0.0225. The lowest BCUT2D eigenvalue weighted by atomic mass is 9.73. The lowest BCUT2D eigenvalue weighted by Crippen LogP contribution is -2.38. The number of halogens is 2. The molecule has 1 aliphatic carbocycles. The smallest absolute Gasteiger partial charge is 0.224 e. The number of amides is 1. The zero-order valence-electron chi connectivity index (χ0n) is 18.7. The van der Waals surface area contributed by atoms with Crippen molar-refractivity contribution in [3.8, 4) is 0 Å². The van der Waals surface area contributed by atoms with Crippen LogP contribution in [0.2, 0.25) is 10.0 Å². The fourth-order valence-electron chi connectivity index (χ4n) is 4.77. The number of benzene rings is 2. The van der Waals surface area contributed by atoms with E-state index in [4.69, 9.17) is 23.2 Å². The monoisotopic (exact) mass is 471 g/mol. The first-order chi connectivity index (χ1) is 15.1. The van der Waals surface area contributed by atoms with Crippen LogP contribution in [0.5, 0.6) is 0 Å². The molecule has 2 aromatic rings. The number of hydrogen-bond acceptors (Lipinski definition) is 4. The van der Waals surface area contributed by atoms with Crippen LogP contribution in [0.3, 0.4) is 0 Å². The van der Waals surface area contributed by atoms with E-state index >= 15 is 0 Å². The SMILES string of the molecule is CNCc1ccc2c(c1)NC1=C(C(=O)CC(C)(C)C1)C(c1ccc(Cl)cc1Cl)N2C(C)=O. The summed E-state index contributed by atoms with van der Waals surface area (Å²) in [4.78, 5) is 28.3. The molecule has 2 N–H and O–H groups in total. The number of carbonyl (C=O) groups excluding carboxylic acids is 2. The summed E-state index contributed by atoms with van der Waals surface area (Å²) >= 11 is 12.8. The molecule has 168 valence electrons. The van der Waals surface area contributed by atoms with Gasteiger partial charge in [0.2, 0.25) is 5.91 Å². The molecule has 0 bridgehead atoms. The molecule has 2 aliphatic rings. The van der Waals surface area contributed by atoms with Gasteiger partial charge in [-0.15, -0.1) is 0 Å². The van der Waals surface area contributed by atoms with Gasteiger partial charge in [0.15, 0.2) is 5.78 Å². The summed E-state index contributed by atoms with van der Waals surface area (Å²) in [5, 5.41) is 7.62. The Morgan fingerprint density at radius 2 is 1.94 bits per heavy atom. The maximum Gasteiger partial charge on any atom is 0.224 e. The Bertz CT molecular complexity index is 1140. The fourth-order valence-corrected chi connectivity index (χ4v) is 5.28. The molecule has 0 fully saturated rings. The zero-order chi connectivity index (χ0) is 23.2. The van der Waals surface area contributed by atoms with Crippen molar-refractivity contribution in [3.63, 3.8) is 0 Å². The van der Waals surface area contributed by atoms with Crippen LogP contribution in [0.15, 0.2) is 47.7 Å². The van der Waals surface area contributed by atoms with Crippen LogP contribution in [0.25, 0.3) is 0 Å². The summed E-state index contributed by atoms with van der Waals surface area (Å²) in [5.74, 6) is -0.147. The molecular formula is C25H27Cl2N3O2. The first kappa shape index (κ1) is 22.8. The number of ketones is 1. The van der Waals surface area contributed by atoms with E-state index in [0.29, 0.717) is 46.3 Å². The van der Waals surface area contributed by atoms with Gasteiger partial charge in [-0.25, -0.2) is 0 Å². The van der Waals surface area contributed by atoms with Crippen molar-refractivity contribution in [2.24, 2.45) is 5.41 Å². The van der Waals surface area contributed by atoms with E-state index in [2.05, 4.69) is 24.5 Å². The Morgan fingerprint density at radius 1 is 1.19 bits per heavy atom. The highest BCUT2D eigenvalue weighted by atomic mass is 35.5. The predicted molar refractivity (Wildman–Crippen MR) is 130 cm³/mol. The molecule has 5 nitrogen and oxygen atoms in total. The van der Waals surface area contributed by atoms with Crippen molar-refractivity contribution in [2.75, 3.05) is 17.3 Å². The molecule has 32 heavy (non-hydrogen) atoms. The molecule has 7 heteroatoms. The number of anilines is 2. The number of nitrogens with one attached hydrogen (secondary N) is 2. The van der Waals surface area contributed by atoms with Gasteiger partial charge < -0.3 is 10.6 Å². The fraction of sp³-hybridized carbons (Fsp3) is 0.360. The third-order valence-corrected chi connectivity index (χ3v) is 6.60. The first-order valence-electron chi connectivity index (χ1n) is 10.7. The molecule has 0 radical (unpaired) electrons. The van der Waals surface area contributed by atoms with Crippen molar-refractivity contribution in [2.45, 2.75) is 46.2 Å². The Hall–Kier alpha value is -2.34. The topological polar surface area (TPSA) is 61.4 Å². The summed E-state index contributed by atoms with van der Waals surface area (Å²) in [7, 11) is 1.89. The maximum atomic E-state index is 13.5. The van der Waals surface area contributed by atoms with E-state index in [9.17, 15) is 9.59 Å². The van der Waals surface area contributed by atoms with Gasteiger partial charge in [-0.1, -0.05) is 49.2 Å². The van der Waals surface area contributed by atoms with Gasteiger partial charge in [-0.3, -0.25) is 14.5 Å². The second-order valence-corrected chi connectivity index (χ2v) is 10.1. The summed E-state index contributed by atoms with van der Waals surface area (Å²) in [6, 6.07) is 10.5. The number of carbonyl (C=O) groups is 2. The van der Waals surface area contributed by atoms with Crippen LogP contribution in [0.1, 0.15) is 50.8 Å². The molecule has 1 unspecified atom stereocenters. The van der Waals surface area contributed by atoms with Crippen LogP contribution in [0, 0.1) is 5.41 Å². The average molecular weight is 472 g/mol. The van der Waals surface area contributed by atoms with Gasteiger partial charge in [0, 0.05) is 41.2 Å². The second kappa shape index (κ2) is 8.54. The zero-order valence-corrected chi connectivity index (χ0v) is 20.2. The van der Waals surface area contributed by atoms with Gasteiger partial charge in [0.05, 0.1) is 17.4 Å². The van der Waals surface area contributed by atoms with E-state index in [1.54, 1.807) is 17.0 Å². The number of Topliss-reactive ketones (excluding diaryl/α,β-unsaturated/α-hetero) is 1. The Kier molecular flexibility index (Phi) is 6.10. The highest BCUT2D eigenvalue weighted by Gasteiger charge is 2.43. The van der Waals surface area contributed by atoms with Gasteiger partial charge in [0.25, 0.3) is 0 Å². The predicted octanol–water partition coefficient (Wildman–Crippen LogP) is 5.88. The van der Waals surface area contributed by atoms with Crippen LogP contribution in [-0.4, -0.2) is 18.7 Å². The maximum absolute atomic E-state index is 13.5. The Balaban J connectivity index is 2.01. The number of nitrogens with zero attached hydrogens (tertiary/aromatic N) is 1. The summed E-state index contributed by atoms with van der Waals surface area (Å²) in [6.07, 6.45) is 1.10. The molecule has 0 aromatic heterocycles. The van der Waals surface area contributed by atoms with Gasteiger partial charge in [-0.2, -0.15) is 0 Å². The van der Waals surface area contributed by atoms with Crippen LogP contribution >= 0.6 is 23.2 Å². The molecule has 2 aromatic carbocycles. The van der Waals surface area contributed by atoms with Crippen molar-refractivity contribution in [1.29, 1.82) is 0 Å². The number of fused-ring (bicyclic) bond motifs is 1. The lowest BCUT2D eigenvalue weighted by Gasteiger charge is -2.37. The molecule has 1 amide bonds. The largest absolute Gasteiger partial charge is 0.357 e. The molecule has 0 saturated carbocycles. The van der Waals surface area contributed by atoms with Gasteiger partial charge in [0.1, 0.15) is 0 Å². The van der Waals surface area contributed by atoms with Crippen LogP contribution in [-0.2, 0) is 16.1 Å². The normalized spacial score (nSPS) is 19.8. The van der Waals surface area contributed by atoms with E-state index < -0.39 is 6.04 Å². The molecule has 0 saturated heterocycles. The van der Waals surface area contributed by atoms with Gasteiger partial charge >= 0.3 is 0 Å². The molecule has 1 aliphatic heterocycles. The average Bonchev–Trinajstić information content (AvgIpc) is 2.81. The summed E-state index contributed by atoms with van der Waals surface area (Å²) in [6.45, 7) is 6.39.